The molecule has 0 saturated heterocycles. The molecule has 0 saturated carbocycles. The van der Waals surface area contributed by atoms with Gasteiger partial charge in [-0.05, 0) is 49.2 Å². The van der Waals surface area contributed by atoms with Gasteiger partial charge in [0.05, 0.1) is 23.1 Å². The molecular weight excluding hydrogens is 486 g/mol. The van der Waals surface area contributed by atoms with Crippen LogP contribution < -0.4 is 10.6 Å². The fourth-order valence-electron chi connectivity index (χ4n) is 3.21. The van der Waals surface area contributed by atoms with E-state index < -0.39 is 27.1 Å². The van der Waals surface area contributed by atoms with Crippen LogP contribution in [0.1, 0.15) is 24.2 Å². The quantitative estimate of drug-likeness (QED) is 0.374. The van der Waals surface area contributed by atoms with Crippen molar-refractivity contribution in [1.82, 2.24) is 19.3 Å². The minimum atomic E-state index is -3.55. The maximum atomic E-state index is 12.3. The lowest BCUT2D eigenvalue weighted by molar-refractivity contribution is -0.115. The van der Waals surface area contributed by atoms with Gasteiger partial charge in [0.2, 0.25) is 15.9 Å². The van der Waals surface area contributed by atoms with E-state index in [1.807, 2.05) is 41.8 Å². The van der Waals surface area contributed by atoms with Crippen molar-refractivity contribution in [3.05, 3.63) is 78.2 Å². The first-order chi connectivity index (χ1) is 16.7. The number of amides is 2. The highest BCUT2D eigenvalue weighted by molar-refractivity contribution is 7.90. The smallest absolute Gasteiger partial charge is 0.253 e. The van der Waals surface area contributed by atoms with Crippen LogP contribution in [-0.4, -0.2) is 46.0 Å². The van der Waals surface area contributed by atoms with Crippen molar-refractivity contribution in [3.8, 4) is 22.4 Å². The van der Waals surface area contributed by atoms with Crippen molar-refractivity contribution in [3.63, 3.8) is 0 Å². The molecule has 11 heteroatoms. The molecule has 2 amide bonds. The average Bonchev–Trinajstić information content (AvgIpc) is 3.54. The van der Waals surface area contributed by atoms with Crippen LogP contribution in [0.4, 0.5) is 5.13 Å². The number of nitrogens with one attached hydrogen (secondary N) is 2. The highest BCUT2D eigenvalue weighted by atomic mass is 32.2. The number of aromatic nitrogens is 3. The summed E-state index contributed by atoms with van der Waals surface area (Å²) in [7, 11) is -3.55. The Morgan fingerprint density at radius 1 is 1.06 bits per heavy atom. The van der Waals surface area contributed by atoms with Gasteiger partial charge in [-0.15, -0.1) is 11.3 Å². The summed E-state index contributed by atoms with van der Waals surface area (Å²) in [4.78, 5) is 33.2. The summed E-state index contributed by atoms with van der Waals surface area (Å²) in [5.74, 6) is -0.996. The number of thiazole rings is 1. The van der Waals surface area contributed by atoms with Gasteiger partial charge in [0.25, 0.3) is 5.91 Å². The first-order valence-electron chi connectivity index (χ1n) is 10.7. The van der Waals surface area contributed by atoms with Crippen LogP contribution in [0.3, 0.4) is 0 Å². The van der Waals surface area contributed by atoms with Crippen molar-refractivity contribution in [1.29, 1.82) is 0 Å². The molecule has 3 aromatic heterocycles. The van der Waals surface area contributed by atoms with Crippen LogP contribution in [0, 0.1) is 0 Å². The second-order valence-electron chi connectivity index (χ2n) is 7.91. The van der Waals surface area contributed by atoms with Gasteiger partial charge in [0, 0.05) is 35.7 Å². The van der Waals surface area contributed by atoms with Crippen LogP contribution >= 0.6 is 11.3 Å². The molecule has 180 valence electrons. The fraction of sp³-hybridized carbons (Fsp3) is 0.167. The molecule has 4 rings (SSSR count). The van der Waals surface area contributed by atoms with Crippen LogP contribution in [-0.2, 0) is 14.8 Å². The Morgan fingerprint density at radius 2 is 1.80 bits per heavy atom. The van der Waals surface area contributed by atoms with Crippen molar-refractivity contribution in [2.24, 2.45) is 0 Å². The minimum absolute atomic E-state index is 0.146. The average molecular weight is 510 g/mol. The molecule has 9 nitrogen and oxygen atoms in total. The van der Waals surface area contributed by atoms with E-state index in [0.717, 1.165) is 26.4 Å². The zero-order valence-electron chi connectivity index (χ0n) is 19.0. The van der Waals surface area contributed by atoms with Gasteiger partial charge >= 0.3 is 0 Å². The maximum absolute atomic E-state index is 12.3. The van der Waals surface area contributed by atoms with Crippen molar-refractivity contribution in [2.45, 2.75) is 19.1 Å². The number of benzene rings is 1. The molecule has 1 aromatic carbocycles. The van der Waals surface area contributed by atoms with E-state index in [9.17, 15) is 18.0 Å². The molecule has 0 aliphatic rings. The Labute approximate surface area is 206 Å². The number of pyridine rings is 1. The molecular formula is C24H23N5O4S2. The number of carbonyl (C=O) groups is 2. The second kappa shape index (κ2) is 10.2. The van der Waals surface area contributed by atoms with Crippen LogP contribution in [0.5, 0.6) is 0 Å². The Bertz CT molecular complexity index is 1460. The predicted molar refractivity (Wildman–Crippen MR) is 136 cm³/mol. The molecule has 0 unspecified atom stereocenters. The van der Waals surface area contributed by atoms with Gasteiger partial charge in [-0.25, -0.2) is 13.4 Å². The first-order valence-corrected chi connectivity index (χ1v) is 13.1. The molecule has 35 heavy (non-hydrogen) atoms. The Hall–Kier alpha value is -3.83. The monoisotopic (exact) mass is 509 g/mol. The second-order valence-corrected chi connectivity index (χ2v) is 11.2. The fourth-order valence-corrected chi connectivity index (χ4v) is 4.92. The number of anilines is 1. The summed E-state index contributed by atoms with van der Waals surface area (Å²) >= 11 is 1.28. The lowest BCUT2D eigenvalue weighted by Gasteiger charge is -2.08. The molecule has 2 N–H and O–H groups in total. The summed E-state index contributed by atoms with van der Waals surface area (Å²) < 4.78 is 25.4. The lowest BCUT2D eigenvalue weighted by Crippen LogP contribution is -2.32. The highest BCUT2D eigenvalue weighted by Gasteiger charge is 2.20. The Morgan fingerprint density at radius 3 is 2.54 bits per heavy atom. The van der Waals surface area contributed by atoms with E-state index in [4.69, 9.17) is 0 Å². The topological polar surface area (TPSA) is 123 Å². The summed E-state index contributed by atoms with van der Waals surface area (Å²) in [5, 5.41) is 6.79. The van der Waals surface area contributed by atoms with Crippen molar-refractivity contribution >= 4 is 38.3 Å². The van der Waals surface area contributed by atoms with Crippen LogP contribution in [0.2, 0.25) is 0 Å². The molecule has 0 aliphatic carbocycles. The SMILES string of the molecule is CC(C)S(=O)(=O)n1ccc(C(=O)NCC(=O)Nc2nc(-c3cccc(-c4ccncc4)c3)cs2)c1. The summed E-state index contributed by atoms with van der Waals surface area (Å²) in [6.07, 6.45) is 6.02. The number of nitrogens with zero attached hydrogens (tertiary/aromatic N) is 3. The first kappa shape index (κ1) is 24.3. The third kappa shape index (κ3) is 5.64. The van der Waals surface area contributed by atoms with Crippen LogP contribution in [0.25, 0.3) is 22.4 Å². The summed E-state index contributed by atoms with van der Waals surface area (Å²) in [6.45, 7) is 2.83. The van der Waals surface area contributed by atoms with E-state index in [1.54, 1.807) is 26.2 Å². The normalized spacial score (nSPS) is 11.4. The molecule has 0 radical (unpaired) electrons. The van der Waals surface area contributed by atoms with E-state index in [-0.39, 0.29) is 12.1 Å². The predicted octanol–water partition coefficient (Wildman–Crippen LogP) is 3.63. The molecule has 0 spiro atoms. The van der Waals surface area contributed by atoms with E-state index in [2.05, 4.69) is 20.6 Å². The molecule has 3 heterocycles. The molecule has 0 atom stereocenters. The number of hydrogen-bond acceptors (Lipinski definition) is 7. The summed E-state index contributed by atoms with van der Waals surface area (Å²) in [5.41, 5.74) is 3.84. The molecule has 4 aromatic rings. The van der Waals surface area contributed by atoms with Gasteiger partial charge in [-0.2, -0.15) is 0 Å². The largest absolute Gasteiger partial charge is 0.343 e. The van der Waals surface area contributed by atoms with Gasteiger partial charge in [-0.3, -0.25) is 18.5 Å². The molecule has 0 fully saturated rings. The van der Waals surface area contributed by atoms with Crippen LogP contribution in [0.15, 0.2) is 72.6 Å². The standard InChI is InChI=1S/C24H23N5O4S2/c1-16(2)35(32,33)29-11-8-20(14-29)23(31)26-13-22(30)28-24-27-21(15-34-24)19-5-3-4-18(12-19)17-6-9-25-10-7-17/h3-12,14-16H,13H2,1-2H3,(H,26,31)(H,27,28,30). The molecule has 0 aliphatic heterocycles. The van der Waals surface area contributed by atoms with E-state index in [0.29, 0.717) is 5.13 Å². The Kier molecular flexibility index (Phi) is 7.08. The number of carbonyl (C=O) groups excluding carboxylic acids is 2. The summed E-state index contributed by atoms with van der Waals surface area (Å²) in [6, 6.07) is 13.1. The van der Waals surface area contributed by atoms with Gasteiger partial charge in [0.1, 0.15) is 0 Å². The van der Waals surface area contributed by atoms with Crippen molar-refractivity contribution < 1.29 is 18.0 Å². The van der Waals surface area contributed by atoms with E-state index >= 15 is 0 Å². The van der Waals surface area contributed by atoms with Crippen molar-refractivity contribution in [2.75, 3.05) is 11.9 Å². The lowest BCUT2D eigenvalue weighted by atomic mass is 10.0. The third-order valence-corrected chi connectivity index (χ3v) is 7.92. The van der Waals surface area contributed by atoms with Gasteiger partial charge in [-0.1, -0.05) is 18.2 Å². The third-order valence-electron chi connectivity index (χ3n) is 5.15. The maximum Gasteiger partial charge on any atom is 0.253 e. The van der Waals surface area contributed by atoms with E-state index in [1.165, 1.54) is 29.8 Å². The molecule has 0 bridgehead atoms. The van der Waals surface area contributed by atoms with Gasteiger partial charge < -0.3 is 10.6 Å². The highest BCUT2D eigenvalue weighted by Crippen LogP contribution is 2.28. The number of rotatable bonds is 8. The minimum Gasteiger partial charge on any atom is -0.343 e. The van der Waals surface area contributed by atoms with Gasteiger partial charge in [0.15, 0.2) is 5.13 Å². The zero-order valence-corrected chi connectivity index (χ0v) is 20.6. The Balaban J connectivity index is 1.35. The number of hydrogen-bond donors (Lipinski definition) is 2. The zero-order chi connectivity index (χ0) is 25.0.